The molecular formula is C26H23ClN4O2. The van der Waals surface area contributed by atoms with E-state index in [1.54, 1.807) is 24.3 Å². The number of nitrogens with zero attached hydrogens (tertiary/aromatic N) is 2. The summed E-state index contributed by atoms with van der Waals surface area (Å²) < 4.78 is 1.87. The number of carbonyl (C=O) groups is 2. The Morgan fingerprint density at radius 1 is 0.848 bits per heavy atom. The van der Waals surface area contributed by atoms with E-state index in [1.165, 1.54) is 0 Å². The van der Waals surface area contributed by atoms with Crippen LogP contribution in [0, 0.1) is 0 Å². The van der Waals surface area contributed by atoms with Gasteiger partial charge in [0.05, 0.1) is 29.4 Å². The number of hydrogen-bond acceptors (Lipinski definition) is 3. The van der Waals surface area contributed by atoms with Gasteiger partial charge >= 0.3 is 0 Å². The van der Waals surface area contributed by atoms with E-state index in [-0.39, 0.29) is 12.5 Å². The maximum atomic E-state index is 12.4. The third kappa shape index (κ3) is 5.87. The molecule has 0 spiro atoms. The van der Waals surface area contributed by atoms with Crippen molar-refractivity contribution in [3.63, 3.8) is 0 Å². The molecule has 33 heavy (non-hydrogen) atoms. The van der Waals surface area contributed by atoms with E-state index in [0.717, 1.165) is 22.4 Å². The van der Waals surface area contributed by atoms with Crippen LogP contribution in [0.1, 0.15) is 21.5 Å². The topological polar surface area (TPSA) is 76.0 Å². The summed E-state index contributed by atoms with van der Waals surface area (Å²) in [5.41, 5.74) is 4.15. The SMILES string of the molecule is O=C(CNC(=O)c1ccccc1Cl)NCc1cn(Cc2ccccc2)nc1-c1ccccc1. The summed E-state index contributed by atoms with van der Waals surface area (Å²) >= 11 is 6.04. The van der Waals surface area contributed by atoms with Crippen LogP contribution >= 0.6 is 11.6 Å². The highest BCUT2D eigenvalue weighted by molar-refractivity contribution is 6.33. The summed E-state index contributed by atoms with van der Waals surface area (Å²) in [5, 5.41) is 10.6. The van der Waals surface area contributed by atoms with Crippen molar-refractivity contribution in [3.8, 4) is 11.3 Å². The summed E-state index contributed by atoms with van der Waals surface area (Å²) in [4.78, 5) is 24.7. The van der Waals surface area contributed by atoms with Crippen molar-refractivity contribution < 1.29 is 9.59 Å². The second-order valence-corrected chi connectivity index (χ2v) is 7.90. The van der Waals surface area contributed by atoms with Crippen LogP contribution in [0.2, 0.25) is 5.02 Å². The molecule has 0 saturated heterocycles. The maximum Gasteiger partial charge on any atom is 0.253 e. The van der Waals surface area contributed by atoms with Gasteiger partial charge in [-0.2, -0.15) is 5.10 Å². The van der Waals surface area contributed by atoms with E-state index < -0.39 is 5.91 Å². The van der Waals surface area contributed by atoms with Gasteiger partial charge in [-0.15, -0.1) is 0 Å². The number of amides is 2. The fourth-order valence-electron chi connectivity index (χ4n) is 3.44. The second-order valence-electron chi connectivity index (χ2n) is 7.49. The van der Waals surface area contributed by atoms with Crippen LogP contribution in [-0.4, -0.2) is 28.1 Å². The minimum Gasteiger partial charge on any atom is -0.350 e. The molecule has 0 aliphatic carbocycles. The van der Waals surface area contributed by atoms with E-state index >= 15 is 0 Å². The molecule has 0 atom stereocenters. The average Bonchev–Trinajstić information content (AvgIpc) is 3.25. The molecule has 0 saturated carbocycles. The summed E-state index contributed by atoms with van der Waals surface area (Å²) in [5.74, 6) is -0.693. The zero-order valence-corrected chi connectivity index (χ0v) is 18.6. The van der Waals surface area contributed by atoms with Gasteiger partial charge < -0.3 is 10.6 Å². The molecule has 0 radical (unpaired) electrons. The predicted molar refractivity (Wildman–Crippen MR) is 129 cm³/mol. The zero-order valence-electron chi connectivity index (χ0n) is 17.9. The molecule has 1 aromatic heterocycles. The van der Waals surface area contributed by atoms with E-state index in [4.69, 9.17) is 16.7 Å². The molecule has 2 amide bonds. The lowest BCUT2D eigenvalue weighted by molar-refractivity contribution is -0.120. The molecule has 4 rings (SSSR count). The third-order valence-corrected chi connectivity index (χ3v) is 5.41. The van der Waals surface area contributed by atoms with Crippen LogP contribution in [0.4, 0.5) is 0 Å². The zero-order chi connectivity index (χ0) is 23.0. The minimum absolute atomic E-state index is 0.150. The number of benzene rings is 3. The highest BCUT2D eigenvalue weighted by atomic mass is 35.5. The highest BCUT2D eigenvalue weighted by Gasteiger charge is 2.14. The van der Waals surface area contributed by atoms with Crippen LogP contribution in [0.15, 0.2) is 91.1 Å². The summed E-state index contributed by atoms with van der Waals surface area (Å²) in [6.45, 7) is 0.769. The molecule has 2 N–H and O–H groups in total. The van der Waals surface area contributed by atoms with Gasteiger partial charge in [0.2, 0.25) is 5.91 Å². The molecule has 7 heteroatoms. The van der Waals surface area contributed by atoms with Crippen LogP contribution in [0.3, 0.4) is 0 Å². The Morgan fingerprint density at radius 2 is 1.52 bits per heavy atom. The van der Waals surface area contributed by atoms with E-state index in [1.807, 2.05) is 71.5 Å². The maximum absolute atomic E-state index is 12.4. The van der Waals surface area contributed by atoms with Crippen molar-refractivity contribution >= 4 is 23.4 Å². The van der Waals surface area contributed by atoms with Crippen molar-refractivity contribution in [3.05, 3.63) is 113 Å². The first-order valence-electron chi connectivity index (χ1n) is 10.6. The fraction of sp³-hybridized carbons (Fsp3) is 0.115. The van der Waals surface area contributed by atoms with E-state index in [2.05, 4.69) is 10.6 Å². The van der Waals surface area contributed by atoms with Crippen LogP contribution in [-0.2, 0) is 17.9 Å². The largest absolute Gasteiger partial charge is 0.350 e. The fourth-order valence-corrected chi connectivity index (χ4v) is 3.66. The lowest BCUT2D eigenvalue weighted by Gasteiger charge is -2.08. The summed E-state index contributed by atoms with van der Waals surface area (Å²) in [6, 6.07) is 26.6. The Bertz CT molecular complexity index is 1240. The van der Waals surface area contributed by atoms with Gasteiger partial charge in [0.15, 0.2) is 0 Å². The summed E-state index contributed by atoms with van der Waals surface area (Å²) in [7, 11) is 0. The molecule has 0 aliphatic rings. The van der Waals surface area contributed by atoms with Gasteiger partial charge in [-0.1, -0.05) is 84.4 Å². The summed E-state index contributed by atoms with van der Waals surface area (Å²) in [6.07, 6.45) is 1.94. The van der Waals surface area contributed by atoms with Crippen molar-refractivity contribution in [1.82, 2.24) is 20.4 Å². The van der Waals surface area contributed by atoms with Crippen molar-refractivity contribution in [1.29, 1.82) is 0 Å². The first-order valence-corrected chi connectivity index (χ1v) is 10.9. The van der Waals surface area contributed by atoms with E-state index in [9.17, 15) is 9.59 Å². The van der Waals surface area contributed by atoms with Gasteiger partial charge in [-0.3, -0.25) is 14.3 Å². The molecule has 0 fully saturated rings. The smallest absolute Gasteiger partial charge is 0.253 e. The number of carbonyl (C=O) groups excluding carboxylic acids is 2. The van der Waals surface area contributed by atoms with Gasteiger partial charge in [0.25, 0.3) is 5.91 Å². The van der Waals surface area contributed by atoms with Gasteiger partial charge in [-0.05, 0) is 17.7 Å². The normalized spacial score (nSPS) is 10.6. The molecule has 0 aliphatic heterocycles. The quantitative estimate of drug-likeness (QED) is 0.413. The second kappa shape index (κ2) is 10.6. The van der Waals surface area contributed by atoms with Gasteiger partial charge in [-0.25, -0.2) is 0 Å². The lowest BCUT2D eigenvalue weighted by atomic mass is 10.1. The van der Waals surface area contributed by atoms with E-state index in [0.29, 0.717) is 23.7 Å². The Morgan fingerprint density at radius 3 is 2.24 bits per heavy atom. The monoisotopic (exact) mass is 458 g/mol. The van der Waals surface area contributed by atoms with Gasteiger partial charge in [0.1, 0.15) is 0 Å². The molecule has 6 nitrogen and oxygen atoms in total. The van der Waals surface area contributed by atoms with Crippen LogP contribution < -0.4 is 10.6 Å². The average molecular weight is 459 g/mol. The Labute approximate surface area is 197 Å². The Hall–Kier alpha value is -3.90. The predicted octanol–water partition coefficient (Wildman–Crippen LogP) is 4.30. The molecular weight excluding hydrogens is 436 g/mol. The van der Waals surface area contributed by atoms with Crippen molar-refractivity contribution in [2.24, 2.45) is 0 Å². The number of hydrogen-bond donors (Lipinski definition) is 2. The van der Waals surface area contributed by atoms with Crippen molar-refractivity contribution in [2.75, 3.05) is 6.54 Å². The van der Waals surface area contributed by atoms with Crippen LogP contribution in [0.5, 0.6) is 0 Å². The van der Waals surface area contributed by atoms with Crippen molar-refractivity contribution in [2.45, 2.75) is 13.1 Å². The molecule has 0 bridgehead atoms. The lowest BCUT2D eigenvalue weighted by Crippen LogP contribution is -2.36. The number of aromatic nitrogens is 2. The molecule has 3 aromatic carbocycles. The number of halogens is 1. The number of nitrogens with one attached hydrogen (secondary N) is 2. The molecule has 4 aromatic rings. The Kier molecular flexibility index (Phi) is 7.17. The highest BCUT2D eigenvalue weighted by Crippen LogP contribution is 2.22. The first kappa shape index (κ1) is 22.3. The molecule has 1 heterocycles. The molecule has 166 valence electrons. The standard InChI is InChI=1S/C26H23ClN4O2/c27-23-14-8-7-13-22(23)26(33)29-16-24(32)28-15-21-18-31(17-19-9-3-1-4-10-19)30-25(21)20-11-5-2-6-12-20/h1-14,18H,15-17H2,(H,28,32)(H,29,33). The molecule has 0 unspecified atom stereocenters. The number of rotatable bonds is 8. The first-order chi connectivity index (χ1) is 16.1. The van der Waals surface area contributed by atoms with Crippen LogP contribution in [0.25, 0.3) is 11.3 Å². The third-order valence-electron chi connectivity index (χ3n) is 5.08. The van der Waals surface area contributed by atoms with Gasteiger partial charge in [0, 0.05) is 23.9 Å². The Balaban J connectivity index is 1.42. The minimum atomic E-state index is -0.392.